The van der Waals surface area contributed by atoms with Gasteiger partial charge >= 0.3 is 5.97 Å². The fourth-order valence-electron chi connectivity index (χ4n) is 1.93. The molecule has 0 saturated carbocycles. The highest BCUT2D eigenvalue weighted by Gasteiger charge is 2.04. The second kappa shape index (κ2) is 6.70. The third kappa shape index (κ3) is 3.82. The zero-order chi connectivity index (χ0) is 14.4. The molecular weight excluding hydrogens is 252 g/mol. The average Bonchev–Trinajstić information content (AvgIpc) is 2.78. The fourth-order valence-corrected chi connectivity index (χ4v) is 1.93. The minimum atomic E-state index is -0.336. The summed E-state index contributed by atoms with van der Waals surface area (Å²) in [6.07, 6.45) is 3.17. The fraction of sp³-hybridized carbons (Fsp3) is 0.250. The maximum absolute atomic E-state index is 11.4. The molecule has 0 amide bonds. The first-order valence-electron chi connectivity index (χ1n) is 6.62. The highest BCUT2D eigenvalue weighted by molar-refractivity contribution is 5.86. The van der Waals surface area contributed by atoms with E-state index >= 15 is 0 Å². The first-order chi connectivity index (χ1) is 9.69. The Balaban J connectivity index is 2.16. The second-order valence-corrected chi connectivity index (χ2v) is 4.44. The lowest BCUT2D eigenvalue weighted by Gasteiger charge is -2.04. The summed E-state index contributed by atoms with van der Waals surface area (Å²) in [5.41, 5.74) is 2.98. The highest BCUT2D eigenvalue weighted by Crippen LogP contribution is 2.10. The van der Waals surface area contributed by atoms with Gasteiger partial charge in [-0.05, 0) is 31.6 Å². The summed E-state index contributed by atoms with van der Waals surface area (Å²) < 4.78 is 6.75. The molecule has 1 aromatic heterocycles. The van der Waals surface area contributed by atoms with Crippen molar-refractivity contribution in [3.8, 4) is 0 Å². The van der Waals surface area contributed by atoms with Crippen molar-refractivity contribution in [2.24, 2.45) is 0 Å². The summed E-state index contributed by atoms with van der Waals surface area (Å²) in [5, 5.41) is 4.44. The summed E-state index contributed by atoms with van der Waals surface area (Å²) in [7, 11) is 0. The highest BCUT2D eigenvalue weighted by atomic mass is 16.5. The summed E-state index contributed by atoms with van der Waals surface area (Å²) >= 11 is 0. The summed E-state index contributed by atoms with van der Waals surface area (Å²) in [4.78, 5) is 11.4. The third-order valence-electron chi connectivity index (χ3n) is 2.79. The lowest BCUT2D eigenvalue weighted by atomic mass is 10.2. The van der Waals surface area contributed by atoms with Gasteiger partial charge in [-0.2, -0.15) is 5.10 Å². The monoisotopic (exact) mass is 270 g/mol. The quantitative estimate of drug-likeness (QED) is 0.620. The van der Waals surface area contributed by atoms with Crippen LogP contribution in [0.5, 0.6) is 0 Å². The van der Waals surface area contributed by atoms with Crippen molar-refractivity contribution in [3.05, 3.63) is 59.4 Å². The molecule has 0 saturated heterocycles. The number of esters is 1. The number of nitrogens with zero attached hydrogens (tertiary/aromatic N) is 2. The van der Waals surface area contributed by atoms with Gasteiger partial charge in [0.2, 0.25) is 0 Å². The topological polar surface area (TPSA) is 44.1 Å². The first-order valence-corrected chi connectivity index (χ1v) is 6.62. The third-order valence-corrected chi connectivity index (χ3v) is 2.79. The maximum Gasteiger partial charge on any atom is 0.330 e. The van der Waals surface area contributed by atoms with E-state index in [2.05, 4.69) is 17.2 Å². The number of hydrogen-bond donors (Lipinski definition) is 0. The molecule has 0 aliphatic carbocycles. The molecule has 20 heavy (non-hydrogen) atoms. The normalized spacial score (nSPS) is 10.9. The molecule has 1 aromatic carbocycles. The van der Waals surface area contributed by atoms with Gasteiger partial charge in [0.15, 0.2) is 0 Å². The van der Waals surface area contributed by atoms with Crippen LogP contribution in [0.1, 0.15) is 23.9 Å². The van der Waals surface area contributed by atoms with Crippen LogP contribution >= 0.6 is 0 Å². The number of rotatable bonds is 5. The molecule has 0 atom stereocenters. The van der Waals surface area contributed by atoms with Gasteiger partial charge in [0, 0.05) is 6.08 Å². The van der Waals surface area contributed by atoms with Crippen molar-refractivity contribution in [2.45, 2.75) is 20.4 Å². The van der Waals surface area contributed by atoms with E-state index in [4.69, 9.17) is 4.74 Å². The predicted molar refractivity (Wildman–Crippen MR) is 78.2 cm³/mol. The van der Waals surface area contributed by atoms with Gasteiger partial charge in [0.1, 0.15) is 0 Å². The molecule has 2 rings (SSSR count). The smallest absolute Gasteiger partial charge is 0.330 e. The minimum Gasteiger partial charge on any atom is -0.463 e. The Hall–Kier alpha value is -2.36. The van der Waals surface area contributed by atoms with E-state index in [1.54, 1.807) is 13.0 Å². The van der Waals surface area contributed by atoms with Crippen LogP contribution in [0, 0.1) is 6.92 Å². The van der Waals surface area contributed by atoms with Crippen LogP contribution < -0.4 is 0 Å². The van der Waals surface area contributed by atoms with Gasteiger partial charge in [-0.15, -0.1) is 0 Å². The van der Waals surface area contributed by atoms with E-state index in [0.717, 1.165) is 11.4 Å². The molecule has 0 bridgehead atoms. The van der Waals surface area contributed by atoms with Crippen molar-refractivity contribution in [1.82, 2.24) is 9.78 Å². The Labute approximate surface area is 118 Å². The average molecular weight is 270 g/mol. The molecule has 104 valence electrons. The van der Waals surface area contributed by atoms with Crippen LogP contribution in [0.25, 0.3) is 6.08 Å². The van der Waals surface area contributed by atoms with Gasteiger partial charge < -0.3 is 4.74 Å². The number of hydrogen-bond acceptors (Lipinski definition) is 3. The van der Waals surface area contributed by atoms with Crippen LogP contribution in [0.15, 0.2) is 42.5 Å². The lowest BCUT2D eigenvalue weighted by molar-refractivity contribution is -0.137. The van der Waals surface area contributed by atoms with E-state index in [0.29, 0.717) is 13.2 Å². The molecule has 4 nitrogen and oxygen atoms in total. The van der Waals surface area contributed by atoms with E-state index in [1.165, 1.54) is 11.6 Å². The Morgan fingerprint density at radius 3 is 2.80 bits per heavy atom. The number of ether oxygens (including phenoxy) is 1. The van der Waals surface area contributed by atoms with Crippen LogP contribution in [-0.2, 0) is 16.1 Å². The van der Waals surface area contributed by atoms with Gasteiger partial charge in [-0.3, -0.25) is 4.68 Å². The van der Waals surface area contributed by atoms with Crippen molar-refractivity contribution >= 4 is 12.0 Å². The van der Waals surface area contributed by atoms with Crippen molar-refractivity contribution in [1.29, 1.82) is 0 Å². The van der Waals surface area contributed by atoms with Crippen LogP contribution in [0.4, 0.5) is 0 Å². The van der Waals surface area contributed by atoms with Crippen molar-refractivity contribution < 1.29 is 9.53 Å². The molecule has 1 heterocycles. The minimum absolute atomic E-state index is 0.336. The molecule has 4 heteroatoms. The Kier molecular flexibility index (Phi) is 4.71. The molecular formula is C16H18N2O2. The first kappa shape index (κ1) is 14.1. The molecule has 0 radical (unpaired) electrons. The SMILES string of the molecule is CCOC(=O)/C=C/c1cc(C)nn1Cc1ccccc1. The van der Waals surface area contributed by atoms with Crippen LogP contribution in [0.2, 0.25) is 0 Å². The van der Waals surface area contributed by atoms with E-state index in [1.807, 2.05) is 35.9 Å². The largest absolute Gasteiger partial charge is 0.463 e. The summed E-state index contributed by atoms with van der Waals surface area (Å²) in [6, 6.07) is 12.0. The lowest BCUT2D eigenvalue weighted by Crippen LogP contribution is -2.04. The number of benzene rings is 1. The maximum atomic E-state index is 11.4. The number of aromatic nitrogens is 2. The van der Waals surface area contributed by atoms with Crippen molar-refractivity contribution in [3.63, 3.8) is 0 Å². The summed E-state index contributed by atoms with van der Waals surface area (Å²) in [6.45, 7) is 4.78. The van der Waals surface area contributed by atoms with Gasteiger partial charge in [0.05, 0.1) is 24.5 Å². The Morgan fingerprint density at radius 2 is 2.10 bits per heavy atom. The Morgan fingerprint density at radius 1 is 1.35 bits per heavy atom. The molecule has 0 aliphatic rings. The molecule has 0 aliphatic heterocycles. The van der Waals surface area contributed by atoms with Gasteiger partial charge in [-0.1, -0.05) is 30.3 Å². The predicted octanol–water partition coefficient (Wildman–Crippen LogP) is 2.82. The molecule has 2 aromatic rings. The van der Waals surface area contributed by atoms with Gasteiger partial charge in [-0.25, -0.2) is 4.79 Å². The number of aryl methyl sites for hydroxylation is 1. The van der Waals surface area contributed by atoms with E-state index in [-0.39, 0.29) is 5.97 Å². The molecule has 0 spiro atoms. The van der Waals surface area contributed by atoms with Crippen molar-refractivity contribution in [2.75, 3.05) is 6.61 Å². The van der Waals surface area contributed by atoms with E-state index < -0.39 is 0 Å². The number of carbonyl (C=O) groups excluding carboxylic acids is 1. The second-order valence-electron chi connectivity index (χ2n) is 4.44. The van der Waals surface area contributed by atoms with E-state index in [9.17, 15) is 4.79 Å². The number of carbonyl (C=O) groups is 1. The standard InChI is InChI=1S/C16H18N2O2/c1-3-20-16(19)10-9-15-11-13(2)17-18(15)12-14-7-5-4-6-8-14/h4-11H,3,12H2,1-2H3/b10-9+. The van der Waals surface area contributed by atoms with Crippen LogP contribution in [0.3, 0.4) is 0 Å². The molecule has 0 fully saturated rings. The Bertz CT molecular complexity index is 600. The summed E-state index contributed by atoms with van der Waals surface area (Å²) in [5.74, 6) is -0.336. The van der Waals surface area contributed by atoms with Crippen LogP contribution in [-0.4, -0.2) is 22.4 Å². The molecule has 0 N–H and O–H groups in total. The molecule has 0 unspecified atom stereocenters. The van der Waals surface area contributed by atoms with Gasteiger partial charge in [0.25, 0.3) is 0 Å². The zero-order valence-corrected chi connectivity index (χ0v) is 11.7. The zero-order valence-electron chi connectivity index (χ0n) is 11.7.